The molecule has 0 amide bonds. The average Bonchev–Trinajstić information content (AvgIpc) is 3.35. The number of hydrogen-bond donors (Lipinski definition) is 2. The van der Waals surface area contributed by atoms with Gasteiger partial charge in [0.15, 0.2) is 11.6 Å². The topological polar surface area (TPSA) is 74.8 Å². The van der Waals surface area contributed by atoms with Gasteiger partial charge < -0.3 is 15.6 Å². The van der Waals surface area contributed by atoms with Gasteiger partial charge in [0.1, 0.15) is 5.75 Å². The van der Waals surface area contributed by atoms with E-state index < -0.39 is 5.82 Å². The summed E-state index contributed by atoms with van der Waals surface area (Å²) in [5.74, 6) is 6.20. The van der Waals surface area contributed by atoms with Gasteiger partial charge in [0.25, 0.3) is 0 Å². The summed E-state index contributed by atoms with van der Waals surface area (Å²) in [5.41, 5.74) is 6.50. The molecular formula is C22H25FN4O2. The van der Waals surface area contributed by atoms with Gasteiger partial charge in [-0.25, -0.2) is 4.39 Å². The number of nitrogens with two attached hydrogens (primary N) is 1. The molecule has 0 radical (unpaired) electrons. The summed E-state index contributed by atoms with van der Waals surface area (Å²) in [7, 11) is 0. The Kier molecular flexibility index (Phi) is 5.95. The molecule has 0 saturated carbocycles. The largest absolute Gasteiger partial charge is 0.453 e. The van der Waals surface area contributed by atoms with Crippen LogP contribution in [-0.2, 0) is 0 Å². The second-order valence-electron chi connectivity index (χ2n) is 7.54. The lowest BCUT2D eigenvalue weighted by Crippen LogP contribution is -2.41. The molecule has 4 rings (SSSR count). The molecule has 2 aromatic rings. The van der Waals surface area contributed by atoms with Crippen molar-refractivity contribution < 1.29 is 14.2 Å². The lowest BCUT2D eigenvalue weighted by Gasteiger charge is -2.25. The summed E-state index contributed by atoms with van der Waals surface area (Å²) in [6.45, 7) is 4.14. The average molecular weight is 396 g/mol. The number of benzene rings is 1. The third kappa shape index (κ3) is 4.67. The molecule has 2 atom stereocenters. The normalized spacial score (nSPS) is 22.4. The highest BCUT2D eigenvalue weighted by Crippen LogP contribution is 2.27. The van der Waals surface area contributed by atoms with Gasteiger partial charge in [-0.15, -0.1) is 0 Å². The molecule has 2 fully saturated rings. The van der Waals surface area contributed by atoms with E-state index in [9.17, 15) is 9.50 Å². The minimum Gasteiger partial charge on any atom is -0.453 e. The van der Waals surface area contributed by atoms with Crippen LogP contribution in [0.3, 0.4) is 0 Å². The molecule has 3 N–H and O–H groups in total. The fourth-order valence-electron chi connectivity index (χ4n) is 3.94. The molecule has 7 heteroatoms. The molecular weight excluding hydrogens is 371 g/mol. The number of nitrogens with zero attached hydrogens (tertiary/aromatic N) is 3. The third-order valence-corrected chi connectivity index (χ3v) is 5.43. The highest BCUT2D eigenvalue weighted by Gasteiger charge is 2.35. The number of rotatable bonds is 4. The molecule has 0 aliphatic carbocycles. The molecule has 2 aliphatic rings. The molecule has 1 aromatic carbocycles. The number of hydrogen-bond acceptors (Lipinski definition) is 6. The number of nitrogen functional groups attached to an aromatic ring is 1. The second-order valence-corrected chi connectivity index (χ2v) is 7.54. The van der Waals surface area contributed by atoms with Crippen molar-refractivity contribution in [2.45, 2.75) is 25.0 Å². The zero-order chi connectivity index (χ0) is 20.2. The third-order valence-electron chi connectivity index (χ3n) is 5.43. The van der Waals surface area contributed by atoms with Crippen LogP contribution in [0.25, 0.3) is 0 Å². The smallest absolute Gasteiger partial charge is 0.167 e. The number of likely N-dealkylation sites (tertiary alicyclic amines) is 2. The van der Waals surface area contributed by atoms with E-state index in [4.69, 9.17) is 10.5 Å². The van der Waals surface area contributed by atoms with Gasteiger partial charge >= 0.3 is 0 Å². The van der Waals surface area contributed by atoms with Crippen molar-refractivity contribution in [3.63, 3.8) is 0 Å². The van der Waals surface area contributed by atoms with Crippen LogP contribution < -0.4 is 10.5 Å². The summed E-state index contributed by atoms with van der Waals surface area (Å²) in [6.07, 6.45) is 5.26. The van der Waals surface area contributed by atoms with Crippen LogP contribution in [0.4, 0.5) is 10.1 Å². The Morgan fingerprint density at radius 3 is 2.83 bits per heavy atom. The predicted octanol–water partition coefficient (Wildman–Crippen LogP) is 2.09. The fourth-order valence-corrected chi connectivity index (χ4v) is 3.94. The van der Waals surface area contributed by atoms with Crippen molar-refractivity contribution in [3.8, 4) is 23.3 Å². The summed E-state index contributed by atoms with van der Waals surface area (Å²) in [4.78, 5) is 8.64. The molecule has 6 nitrogen and oxygen atoms in total. The van der Waals surface area contributed by atoms with Crippen LogP contribution in [0.2, 0.25) is 0 Å². The van der Waals surface area contributed by atoms with Gasteiger partial charge in [0, 0.05) is 49.3 Å². The molecule has 3 heterocycles. The van der Waals surface area contributed by atoms with Crippen LogP contribution in [0.1, 0.15) is 18.4 Å². The number of aliphatic hydroxyl groups excluding tert-OH is 1. The molecule has 152 valence electrons. The van der Waals surface area contributed by atoms with Crippen LogP contribution in [-0.4, -0.2) is 64.8 Å². The first kappa shape index (κ1) is 19.6. The van der Waals surface area contributed by atoms with Crippen molar-refractivity contribution in [1.82, 2.24) is 14.8 Å². The van der Waals surface area contributed by atoms with E-state index >= 15 is 0 Å². The lowest BCUT2D eigenvalue weighted by atomic mass is 10.2. The van der Waals surface area contributed by atoms with Gasteiger partial charge in [-0.2, -0.15) is 0 Å². The van der Waals surface area contributed by atoms with Gasteiger partial charge in [-0.1, -0.05) is 11.8 Å². The van der Waals surface area contributed by atoms with Crippen molar-refractivity contribution in [3.05, 3.63) is 48.0 Å². The summed E-state index contributed by atoms with van der Waals surface area (Å²) < 4.78 is 19.7. The van der Waals surface area contributed by atoms with Gasteiger partial charge in [-0.05, 0) is 38.1 Å². The van der Waals surface area contributed by atoms with Gasteiger partial charge in [0.05, 0.1) is 18.2 Å². The van der Waals surface area contributed by atoms with Crippen molar-refractivity contribution in [1.29, 1.82) is 0 Å². The minimum absolute atomic E-state index is 0.0876. The monoisotopic (exact) mass is 396 g/mol. The Labute approximate surface area is 170 Å². The van der Waals surface area contributed by atoms with Crippen molar-refractivity contribution in [2.24, 2.45) is 0 Å². The van der Waals surface area contributed by atoms with E-state index in [0.717, 1.165) is 19.6 Å². The number of halogens is 1. The van der Waals surface area contributed by atoms with Crippen LogP contribution in [0.5, 0.6) is 11.5 Å². The number of aliphatic hydroxyl groups is 1. The summed E-state index contributed by atoms with van der Waals surface area (Å²) in [5, 5.41) is 10.4. The maximum Gasteiger partial charge on any atom is 0.167 e. The Bertz CT molecular complexity index is 921. The Morgan fingerprint density at radius 1 is 1.21 bits per heavy atom. The fraction of sp³-hybridized carbons (Fsp3) is 0.409. The van der Waals surface area contributed by atoms with Crippen molar-refractivity contribution in [2.75, 3.05) is 38.5 Å². The van der Waals surface area contributed by atoms with Crippen LogP contribution >= 0.6 is 0 Å². The van der Waals surface area contributed by atoms with Crippen molar-refractivity contribution >= 4 is 5.69 Å². The number of anilines is 1. The number of β-amino-alcohol motifs (C(OH)–C–C–N with tert-alkyl or cyclic N) is 1. The molecule has 29 heavy (non-hydrogen) atoms. The number of pyridine rings is 1. The maximum absolute atomic E-state index is 14.0. The molecule has 2 saturated heterocycles. The molecule has 1 aromatic heterocycles. The van der Waals surface area contributed by atoms with E-state index in [1.54, 1.807) is 24.5 Å². The van der Waals surface area contributed by atoms with E-state index in [-0.39, 0.29) is 17.9 Å². The first-order chi connectivity index (χ1) is 14.1. The van der Waals surface area contributed by atoms with E-state index in [1.807, 2.05) is 0 Å². The zero-order valence-electron chi connectivity index (χ0n) is 16.2. The van der Waals surface area contributed by atoms with E-state index in [0.29, 0.717) is 30.1 Å². The zero-order valence-corrected chi connectivity index (χ0v) is 16.2. The number of aromatic nitrogens is 1. The molecule has 2 unspecified atom stereocenters. The Balaban J connectivity index is 1.41. The van der Waals surface area contributed by atoms with E-state index in [2.05, 4.69) is 26.6 Å². The van der Waals surface area contributed by atoms with Crippen LogP contribution in [0, 0.1) is 17.7 Å². The Hall–Kier alpha value is -2.66. The van der Waals surface area contributed by atoms with Gasteiger partial charge in [0.2, 0.25) is 0 Å². The summed E-state index contributed by atoms with van der Waals surface area (Å²) in [6, 6.07) is 6.15. The highest BCUT2D eigenvalue weighted by molar-refractivity contribution is 5.48. The van der Waals surface area contributed by atoms with Gasteiger partial charge in [-0.3, -0.25) is 14.8 Å². The first-order valence-electron chi connectivity index (χ1n) is 9.90. The number of ether oxygens (including phenoxy) is 1. The quantitative estimate of drug-likeness (QED) is 0.609. The molecule has 2 aliphatic heterocycles. The first-order valence-corrected chi connectivity index (χ1v) is 9.90. The standard InChI is InChI=1S/C22H25FN4O2/c23-18-12-17(24)5-6-22(18)29-21-7-8-25-13-16(21)4-3-9-26-14-19(20(28)15-26)27-10-1-2-11-27/h5-8,12-13,19-20,28H,1-2,9-11,14-15,24H2. The van der Waals surface area contributed by atoms with Crippen LogP contribution in [0.15, 0.2) is 36.7 Å². The van der Waals surface area contributed by atoms with E-state index in [1.165, 1.54) is 25.0 Å². The SMILES string of the molecule is Nc1ccc(Oc2ccncc2C#CCN2CC(O)C(N3CCCC3)C2)c(F)c1. The second kappa shape index (κ2) is 8.78. The lowest BCUT2D eigenvalue weighted by molar-refractivity contribution is 0.0979. The molecule has 0 spiro atoms. The predicted molar refractivity (Wildman–Crippen MR) is 109 cm³/mol. The minimum atomic E-state index is -0.528. The highest BCUT2D eigenvalue weighted by atomic mass is 19.1. The summed E-state index contributed by atoms with van der Waals surface area (Å²) >= 11 is 0. The Morgan fingerprint density at radius 2 is 2.03 bits per heavy atom. The maximum atomic E-state index is 14.0. The molecule has 0 bridgehead atoms.